The molecule has 1 aliphatic heterocycles. The molecule has 0 amide bonds. The monoisotopic (exact) mass is 349 g/mol. The predicted octanol–water partition coefficient (Wildman–Crippen LogP) is 2.33. The van der Waals surface area contributed by atoms with Crippen molar-refractivity contribution in [1.82, 2.24) is 4.72 Å². The van der Waals surface area contributed by atoms with E-state index < -0.39 is 10.0 Å². The van der Waals surface area contributed by atoms with Gasteiger partial charge in [0.2, 0.25) is 16.8 Å². The number of hydrogen-bond acceptors (Lipinski definition) is 5. The zero-order valence-electron chi connectivity index (χ0n) is 13.3. The van der Waals surface area contributed by atoms with Crippen LogP contribution in [-0.4, -0.2) is 28.4 Å². The quantitative estimate of drug-likeness (QED) is 0.777. The van der Waals surface area contributed by atoms with Crippen LogP contribution in [-0.2, 0) is 16.4 Å². The van der Waals surface area contributed by atoms with E-state index in [9.17, 15) is 8.42 Å². The maximum atomic E-state index is 12.2. The van der Waals surface area contributed by atoms with E-state index in [4.69, 9.17) is 14.2 Å². The number of nitrogens with one attached hydrogen (secondary N) is 1. The van der Waals surface area contributed by atoms with Crippen LogP contribution in [0, 0.1) is 0 Å². The average molecular weight is 349 g/mol. The van der Waals surface area contributed by atoms with Crippen molar-refractivity contribution < 1.29 is 22.6 Å². The van der Waals surface area contributed by atoms with Gasteiger partial charge < -0.3 is 14.2 Å². The van der Waals surface area contributed by atoms with Gasteiger partial charge in [-0.3, -0.25) is 0 Å². The van der Waals surface area contributed by atoms with Gasteiger partial charge in [0.25, 0.3) is 0 Å². The lowest BCUT2D eigenvalue weighted by Gasteiger charge is -2.09. The molecule has 2 aromatic carbocycles. The molecule has 2 aromatic rings. The summed E-state index contributed by atoms with van der Waals surface area (Å²) in [5.74, 6) is 1.91. The molecule has 7 heteroatoms. The van der Waals surface area contributed by atoms with Crippen molar-refractivity contribution in [3.63, 3.8) is 0 Å². The van der Waals surface area contributed by atoms with Crippen LogP contribution >= 0.6 is 0 Å². The summed E-state index contributed by atoms with van der Waals surface area (Å²) in [7, 11) is -3.52. The molecule has 0 atom stereocenters. The molecule has 0 aromatic heterocycles. The molecule has 1 N–H and O–H groups in total. The second-order valence-corrected chi connectivity index (χ2v) is 7.03. The van der Waals surface area contributed by atoms with Crippen LogP contribution in [0.25, 0.3) is 0 Å². The van der Waals surface area contributed by atoms with Crippen molar-refractivity contribution in [2.45, 2.75) is 18.2 Å². The van der Waals surface area contributed by atoms with Gasteiger partial charge in [0.1, 0.15) is 12.4 Å². The van der Waals surface area contributed by atoms with Crippen LogP contribution in [0.1, 0.15) is 12.5 Å². The Morgan fingerprint density at radius 3 is 2.58 bits per heavy atom. The Bertz CT molecular complexity index is 802. The van der Waals surface area contributed by atoms with Crippen molar-refractivity contribution in [1.29, 1.82) is 0 Å². The molecule has 0 radical (unpaired) electrons. The van der Waals surface area contributed by atoms with Gasteiger partial charge >= 0.3 is 0 Å². The van der Waals surface area contributed by atoms with E-state index in [2.05, 4.69) is 4.72 Å². The van der Waals surface area contributed by atoms with E-state index in [1.54, 1.807) is 30.3 Å². The van der Waals surface area contributed by atoms with Crippen LogP contribution in [0.5, 0.6) is 17.2 Å². The molecule has 0 aliphatic carbocycles. The molecule has 0 spiro atoms. The third kappa shape index (κ3) is 3.80. The third-order valence-electron chi connectivity index (χ3n) is 3.65. The lowest BCUT2D eigenvalue weighted by molar-refractivity contribution is 0.173. The minimum atomic E-state index is -3.52. The molecule has 0 fully saturated rings. The standard InChI is InChI=1S/C17H19NO5S/c1-2-13-3-6-15(7-4-13)24(19,20)18-9-10-21-14-5-8-16-17(11-14)23-12-22-16/h3-8,11,18H,2,9-10,12H2,1H3. The number of sulfonamides is 1. The van der Waals surface area contributed by atoms with Crippen LogP contribution in [0.3, 0.4) is 0 Å². The summed E-state index contributed by atoms with van der Waals surface area (Å²) in [6.07, 6.45) is 0.872. The van der Waals surface area contributed by atoms with Crippen molar-refractivity contribution in [3.05, 3.63) is 48.0 Å². The summed E-state index contributed by atoms with van der Waals surface area (Å²) in [5.41, 5.74) is 1.10. The Hall–Kier alpha value is -2.25. The maximum Gasteiger partial charge on any atom is 0.240 e. The molecule has 0 saturated heterocycles. The molecule has 24 heavy (non-hydrogen) atoms. The van der Waals surface area contributed by atoms with Gasteiger partial charge in [0.05, 0.1) is 4.90 Å². The molecule has 0 saturated carbocycles. The number of hydrogen-bond donors (Lipinski definition) is 1. The van der Waals surface area contributed by atoms with Crippen LogP contribution in [0.15, 0.2) is 47.4 Å². The van der Waals surface area contributed by atoms with Gasteiger partial charge in [0, 0.05) is 12.6 Å². The van der Waals surface area contributed by atoms with E-state index in [0.717, 1.165) is 12.0 Å². The van der Waals surface area contributed by atoms with Crippen molar-refractivity contribution in [2.75, 3.05) is 19.9 Å². The first-order valence-corrected chi connectivity index (χ1v) is 9.18. The minimum absolute atomic E-state index is 0.173. The Kier molecular flexibility index (Phi) is 4.92. The number of rotatable bonds is 7. The predicted molar refractivity (Wildman–Crippen MR) is 89.1 cm³/mol. The van der Waals surface area contributed by atoms with Crippen molar-refractivity contribution in [3.8, 4) is 17.2 Å². The van der Waals surface area contributed by atoms with E-state index in [-0.39, 0.29) is 24.8 Å². The van der Waals surface area contributed by atoms with Crippen molar-refractivity contribution in [2.24, 2.45) is 0 Å². The van der Waals surface area contributed by atoms with Gasteiger partial charge in [-0.25, -0.2) is 13.1 Å². The maximum absolute atomic E-state index is 12.2. The molecule has 1 heterocycles. The molecule has 3 rings (SSSR count). The smallest absolute Gasteiger partial charge is 0.240 e. The highest BCUT2D eigenvalue weighted by Gasteiger charge is 2.15. The van der Waals surface area contributed by atoms with E-state index in [0.29, 0.717) is 17.2 Å². The zero-order valence-corrected chi connectivity index (χ0v) is 14.1. The summed E-state index contributed by atoms with van der Waals surface area (Å²) in [5, 5.41) is 0. The van der Waals surface area contributed by atoms with Crippen LogP contribution in [0.2, 0.25) is 0 Å². The van der Waals surface area contributed by atoms with Gasteiger partial charge in [-0.1, -0.05) is 19.1 Å². The second kappa shape index (κ2) is 7.11. The van der Waals surface area contributed by atoms with E-state index in [1.807, 2.05) is 19.1 Å². The molecule has 1 aliphatic rings. The third-order valence-corrected chi connectivity index (χ3v) is 5.13. The van der Waals surface area contributed by atoms with Gasteiger partial charge in [-0.15, -0.1) is 0 Å². The Morgan fingerprint density at radius 2 is 1.83 bits per heavy atom. The fourth-order valence-corrected chi connectivity index (χ4v) is 3.31. The highest BCUT2D eigenvalue weighted by atomic mass is 32.2. The zero-order chi connectivity index (χ0) is 17.0. The Morgan fingerprint density at radius 1 is 1.08 bits per heavy atom. The summed E-state index contributed by atoms with van der Waals surface area (Å²) in [6, 6.07) is 12.1. The topological polar surface area (TPSA) is 73.9 Å². The van der Waals surface area contributed by atoms with Crippen LogP contribution in [0.4, 0.5) is 0 Å². The van der Waals surface area contributed by atoms with Gasteiger partial charge in [-0.05, 0) is 36.2 Å². The first kappa shape index (κ1) is 16.6. The van der Waals surface area contributed by atoms with Gasteiger partial charge in [-0.2, -0.15) is 0 Å². The fraction of sp³-hybridized carbons (Fsp3) is 0.294. The molecule has 6 nitrogen and oxygen atoms in total. The summed E-state index contributed by atoms with van der Waals surface area (Å²) < 4.78 is 42.9. The minimum Gasteiger partial charge on any atom is -0.492 e. The summed E-state index contributed by atoms with van der Waals surface area (Å²) >= 11 is 0. The Balaban J connectivity index is 1.51. The number of fused-ring (bicyclic) bond motifs is 1. The highest BCUT2D eigenvalue weighted by Crippen LogP contribution is 2.34. The number of ether oxygens (including phenoxy) is 3. The van der Waals surface area contributed by atoms with Crippen molar-refractivity contribution >= 4 is 10.0 Å². The number of aryl methyl sites for hydroxylation is 1. The SMILES string of the molecule is CCc1ccc(S(=O)(=O)NCCOc2ccc3c(c2)OCO3)cc1. The largest absolute Gasteiger partial charge is 0.492 e. The molecule has 128 valence electrons. The first-order chi connectivity index (χ1) is 11.6. The summed E-state index contributed by atoms with van der Waals surface area (Å²) in [4.78, 5) is 0.253. The number of benzene rings is 2. The molecule has 0 unspecified atom stereocenters. The lowest BCUT2D eigenvalue weighted by Crippen LogP contribution is -2.28. The molecular weight excluding hydrogens is 330 g/mol. The fourth-order valence-electron chi connectivity index (χ4n) is 2.30. The van der Waals surface area contributed by atoms with Gasteiger partial charge in [0.15, 0.2) is 11.5 Å². The van der Waals surface area contributed by atoms with E-state index >= 15 is 0 Å². The lowest BCUT2D eigenvalue weighted by atomic mass is 10.2. The normalized spacial score (nSPS) is 13.0. The van der Waals surface area contributed by atoms with Crippen LogP contribution < -0.4 is 18.9 Å². The average Bonchev–Trinajstić information content (AvgIpc) is 3.06. The second-order valence-electron chi connectivity index (χ2n) is 5.26. The highest BCUT2D eigenvalue weighted by molar-refractivity contribution is 7.89. The summed E-state index contributed by atoms with van der Waals surface area (Å²) in [6.45, 7) is 2.61. The molecule has 0 bridgehead atoms. The molecular formula is C17H19NO5S. The Labute approximate surface area is 141 Å². The van der Waals surface area contributed by atoms with E-state index in [1.165, 1.54) is 0 Å². The first-order valence-electron chi connectivity index (χ1n) is 7.69.